The van der Waals surface area contributed by atoms with Crippen LogP contribution in [-0.2, 0) is 11.3 Å². The lowest BCUT2D eigenvalue weighted by Gasteiger charge is -2.14. The topological polar surface area (TPSA) is 77.8 Å². The van der Waals surface area contributed by atoms with E-state index in [2.05, 4.69) is 15.5 Å². The quantitative estimate of drug-likeness (QED) is 0.736. The normalized spacial score (nSPS) is 16.7. The highest BCUT2D eigenvalue weighted by atomic mass is 16.5. The lowest BCUT2D eigenvalue weighted by atomic mass is 10.2. The van der Waals surface area contributed by atoms with Gasteiger partial charge >= 0.3 is 0 Å². The van der Waals surface area contributed by atoms with E-state index < -0.39 is 0 Å². The summed E-state index contributed by atoms with van der Waals surface area (Å²) in [6.07, 6.45) is 4.03. The molecule has 1 fully saturated rings. The summed E-state index contributed by atoms with van der Waals surface area (Å²) in [5.41, 5.74) is 1.25. The van der Waals surface area contributed by atoms with Crippen molar-refractivity contribution in [2.75, 3.05) is 13.2 Å². The number of pyridine rings is 1. The molecule has 3 aromatic rings. The van der Waals surface area contributed by atoms with Crippen LogP contribution in [0.15, 0.2) is 48.7 Å². The molecule has 0 spiro atoms. The number of hydrogen-bond acceptors (Lipinski definition) is 5. The van der Waals surface area contributed by atoms with Gasteiger partial charge in [0.05, 0.1) is 18.2 Å². The Morgan fingerprint density at radius 2 is 2.12 bits per heavy atom. The average molecular weight is 352 g/mol. The van der Waals surface area contributed by atoms with Gasteiger partial charge in [-0.25, -0.2) is 0 Å². The molecule has 7 nitrogen and oxygen atoms in total. The van der Waals surface area contributed by atoms with E-state index in [9.17, 15) is 4.79 Å². The van der Waals surface area contributed by atoms with Crippen molar-refractivity contribution in [2.45, 2.75) is 25.5 Å². The summed E-state index contributed by atoms with van der Waals surface area (Å²) in [6.45, 7) is 1.52. The molecule has 1 aliphatic heterocycles. The molecule has 1 saturated heterocycles. The zero-order valence-corrected chi connectivity index (χ0v) is 14.3. The molecule has 1 atom stereocenters. The van der Waals surface area contributed by atoms with Crippen molar-refractivity contribution in [1.29, 1.82) is 0 Å². The molecule has 0 saturated carbocycles. The van der Waals surface area contributed by atoms with Crippen LogP contribution in [0.25, 0.3) is 5.65 Å². The van der Waals surface area contributed by atoms with Crippen LogP contribution in [-0.4, -0.2) is 39.8 Å². The molecule has 1 aliphatic rings. The van der Waals surface area contributed by atoms with Crippen LogP contribution in [0.3, 0.4) is 0 Å². The molecule has 7 heteroatoms. The van der Waals surface area contributed by atoms with Gasteiger partial charge < -0.3 is 14.8 Å². The maximum absolute atomic E-state index is 12.6. The zero-order valence-electron chi connectivity index (χ0n) is 14.3. The molecule has 3 heterocycles. The highest BCUT2D eigenvalue weighted by Gasteiger charge is 2.18. The molecule has 2 aromatic heterocycles. The maximum Gasteiger partial charge on any atom is 0.255 e. The summed E-state index contributed by atoms with van der Waals surface area (Å²) < 4.78 is 13.2. The van der Waals surface area contributed by atoms with Crippen LogP contribution >= 0.6 is 0 Å². The van der Waals surface area contributed by atoms with Gasteiger partial charge in [-0.2, -0.15) is 0 Å². The Balaban J connectivity index is 1.42. The summed E-state index contributed by atoms with van der Waals surface area (Å²) >= 11 is 0. The summed E-state index contributed by atoms with van der Waals surface area (Å²) in [4.78, 5) is 12.6. The van der Waals surface area contributed by atoms with Gasteiger partial charge in [0.15, 0.2) is 11.5 Å². The second kappa shape index (κ2) is 7.53. The van der Waals surface area contributed by atoms with Gasteiger partial charge in [-0.15, -0.1) is 10.2 Å². The number of para-hydroxylation sites is 1. The fraction of sp³-hybridized carbons (Fsp3) is 0.316. The van der Waals surface area contributed by atoms with Crippen LogP contribution in [0.4, 0.5) is 0 Å². The predicted molar refractivity (Wildman–Crippen MR) is 95.1 cm³/mol. The number of hydrogen-bond donors (Lipinski definition) is 1. The van der Waals surface area contributed by atoms with Gasteiger partial charge in [-0.3, -0.25) is 9.20 Å². The number of aromatic nitrogens is 3. The Morgan fingerprint density at radius 3 is 3.00 bits per heavy atom. The van der Waals surface area contributed by atoms with E-state index in [0.717, 1.165) is 25.1 Å². The van der Waals surface area contributed by atoms with Crippen molar-refractivity contribution in [3.63, 3.8) is 0 Å². The maximum atomic E-state index is 12.6. The van der Waals surface area contributed by atoms with Crippen molar-refractivity contribution in [3.8, 4) is 5.75 Å². The third kappa shape index (κ3) is 3.52. The molecule has 0 unspecified atom stereocenters. The molecule has 1 N–H and O–H groups in total. The van der Waals surface area contributed by atoms with Crippen LogP contribution in [0.5, 0.6) is 5.75 Å². The minimum absolute atomic E-state index is 0.105. The van der Waals surface area contributed by atoms with E-state index in [0.29, 0.717) is 23.7 Å². The second-order valence-corrected chi connectivity index (χ2v) is 6.17. The standard InChI is InChI=1S/C19H20N4O3/c24-19(20-12-18-22-21-17-9-3-4-10-23(17)18)15-7-1-2-8-16(15)26-13-14-6-5-11-25-14/h1-4,7-10,14H,5-6,11-13H2,(H,20,24)/t14-/m0/s1. The monoisotopic (exact) mass is 352 g/mol. The van der Waals surface area contributed by atoms with E-state index in [1.807, 2.05) is 40.9 Å². The van der Waals surface area contributed by atoms with Crippen molar-refractivity contribution in [3.05, 3.63) is 60.0 Å². The van der Waals surface area contributed by atoms with E-state index in [-0.39, 0.29) is 18.6 Å². The first-order chi connectivity index (χ1) is 12.8. The number of nitrogens with zero attached hydrogens (tertiary/aromatic N) is 3. The Kier molecular flexibility index (Phi) is 4.79. The highest BCUT2D eigenvalue weighted by Crippen LogP contribution is 2.20. The fourth-order valence-electron chi connectivity index (χ4n) is 3.00. The molecular formula is C19H20N4O3. The van der Waals surface area contributed by atoms with Crippen LogP contribution in [0, 0.1) is 0 Å². The first-order valence-electron chi connectivity index (χ1n) is 8.71. The summed E-state index contributed by atoms with van der Waals surface area (Å²) in [7, 11) is 0. The number of rotatable bonds is 6. The van der Waals surface area contributed by atoms with Gasteiger partial charge in [0, 0.05) is 12.8 Å². The van der Waals surface area contributed by atoms with Crippen LogP contribution in [0.2, 0.25) is 0 Å². The van der Waals surface area contributed by atoms with Gasteiger partial charge in [0.25, 0.3) is 5.91 Å². The molecule has 134 valence electrons. The third-order valence-electron chi connectivity index (χ3n) is 4.37. The number of benzene rings is 1. The third-order valence-corrected chi connectivity index (χ3v) is 4.37. The Hall–Kier alpha value is -2.93. The summed E-state index contributed by atoms with van der Waals surface area (Å²) in [5.74, 6) is 1.03. The highest BCUT2D eigenvalue weighted by molar-refractivity contribution is 5.96. The molecule has 0 radical (unpaired) electrons. The molecule has 4 rings (SSSR count). The Labute approximate surface area is 151 Å². The molecule has 0 aliphatic carbocycles. The number of carbonyl (C=O) groups excluding carboxylic acids is 1. The summed E-state index contributed by atoms with van der Waals surface area (Å²) in [5, 5.41) is 11.1. The Bertz CT molecular complexity index is 902. The van der Waals surface area contributed by atoms with Gasteiger partial charge in [0.1, 0.15) is 12.4 Å². The first kappa shape index (κ1) is 16.5. The largest absolute Gasteiger partial charge is 0.490 e. The molecule has 1 amide bonds. The number of fused-ring (bicyclic) bond motifs is 1. The lowest BCUT2D eigenvalue weighted by molar-refractivity contribution is 0.0670. The van der Waals surface area contributed by atoms with Gasteiger partial charge in [0.2, 0.25) is 0 Å². The Morgan fingerprint density at radius 1 is 1.23 bits per heavy atom. The number of amides is 1. The fourth-order valence-corrected chi connectivity index (χ4v) is 3.00. The van der Waals surface area contributed by atoms with Crippen molar-refractivity contribution in [2.24, 2.45) is 0 Å². The smallest absolute Gasteiger partial charge is 0.255 e. The van der Waals surface area contributed by atoms with E-state index in [4.69, 9.17) is 9.47 Å². The minimum Gasteiger partial charge on any atom is -0.490 e. The summed E-state index contributed by atoms with van der Waals surface area (Å²) in [6, 6.07) is 12.9. The number of nitrogens with one attached hydrogen (secondary N) is 1. The number of carbonyl (C=O) groups is 1. The van der Waals surface area contributed by atoms with Crippen molar-refractivity contribution >= 4 is 11.6 Å². The van der Waals surface area contributed by atoms with Crippen LogP contribution < -0.4 is 10.1 Å². The molecular weight excluding hydrogens is 332 g/mol. The van der Waals surface area contributed by atoms with Crippen LogP contribution in [0.1, 0.15) is 29.0 Å². The van der Waals surface area contributed by atoms with Crippen molar-refractivity contribution in [1.82, 2.24) is 19.9 Å². The average Bonchev–Trinajstić information content (AvgIpc) is 3.34. The molecule has 26 heavy (non-hydrogen) atoms. The van der Waals surface area contributed by atoms with Crippen molar-refractivity contribution < 1.29 is 14.3 Å². The SMILES string of the molecule is O=C(NCc1nnc2ccccn12)c1ccccc1OC[C@@H]1CCCO1. The molecule has 0 bridgehead atoms. The van der Waals surface area contributed by atoms with Gasteiger partial charge in [-0.1, -0.05) is 18.2 Å². The molecule has 1 aromatic carbocycles. The van der Waals surface area contributed by atoms with E-state index >= 15 is 0 Å². The van der Waals surface area contributed by atoms with E-state index in [1.165, 1.54) is 0 Å². The number of ether oxygens (including phenoxy) is 2. The minimum atomic E-state index is -0.208. The van der Waals surface area contributed by atoms with Gasteiger partial charge in [-0.05, 0) is 37.1 Å². The second-order valence-electron chi connectivity index (χ2n) is 6.17. The lowest BCUT2D eigenvalue weighted by Crippen LogP contribution is -2.25. The predicted octanol–water partition coefficient (Wildman–Crippen LogP) is 2.22. The zero-order chi connectivity index (χ0) is 17.8. The van der Waals surface area contributed by atoms with E-state index in [1.54, 1.807) is 12.1 Å². The first-order valence-corrected chi connectivity index (χ1v) is 8.71.